The number of hydrogen-bond acceptors (Lipinski definition) is 4. The van der Waals surface area contributed by atoms with Crippen molar-refractivity contribution in [1.29, 1.82) is 0 Å². The molecule has 5 nitrogen and oxygen atoms in total. The molecule has 24 heavy (non-hydrogen) atoms. The van der Waals surface area contributed by atoms with E-state index < -0.39 is 0 Å². The van der Waals surface area contributed by atoms with Gasteiger partial charge in [-0.2, -0.15) is 5.10 Å². The maximum atomic E-state index is 11.9. The minimum atomic E-state index is -0.149. The standard InChI is InChI=1S/C19H27N3O2/c1-14-18(15(2)22(5)20-14)11-12-24-19(23)10-9-16-7-6-8-17(13-16)21(3)4/h6-8,13H,9-12H2,1-5H3. The molecule has 0 atom stereocenters. The summed E-state index contributed by atoms with van der Waals surface area (Å²) in [6.07, 6.45) is 1.82. The maximum absolute atomic E-state index is 11.9. The van der Waals surface area contributed by atoms with E-state index in [1.165, 1.54) is 5.56 Å². The largest absolute Gasteiger partial charge is 0.465 e. The Hall–Kier alpha value is -2.30. The van der Waals surface area contributed by atoms with E-state index in [1.54, 1.807) is 0 Å². The normalized spacial score (nSPS) is 10.7. The average Bonchev–Trinajstić information content (AvgIpc) is 2.79. The van der Waals surface area contributed by atoms with Crippen LogP contribution < -0.4 is 4.90 Å². The first-order chi connectivity index (χ1) is 11.4. The van der Waals surface area contributed by atoms with Gasteiger partial charge in [0.05, 0.1) is 12.3 Å². The van der Waals surface area contributed by atoms with Crippen LogP contribution in [0.25, 0.3) is 0 Å². The van der Waals surface area contributed by atoms with Gasteiger partial charge >= 0.3 is 5.97 Å². The SMILES string of the molecule is Cc1nn(C)c(C)c1CCOC(=O)CCc1cccc(N(C)C)c1. The lowest BCUT2D eigenvalue weighted by Gasteiger charge is -2.13. The Morgan fingerprint density at radius 2 is 2.00 bits per heavy atom. The molecule has 0 amide bonds. The van der Waals surface area contributed by atoms with Crippen molar-refractivity contribution in [3.8, 4) is 0 Å². The van der Waals surface area contributed by atoms with Gasteiger partial charge in [-0.1, -0.05) is 12.1 Å². The number of ether oxygens (including phenoxy) is 1. The molecule has 0 unspecified atom stereocenters. The van der Waals surface area contributed by atoms with Gasteiger partial charge in [0.15, 0.2) is 0 Å². The predicted molar refractivity (Wildman–Crippen MR) is 96.4 cm³/mol. The van der Waals surface area contributed by atoms with Crippen LogP contribution in [0.4, 0.5) is 5.69 Å². The van der Waals surface area contributed by atoms with Gasteiger partial charge < -0.3 is 9.64 Å². The first kappa shape index (κ1) is 18.0. The molecule has 5 heteroatoms. The molecule has 0 N–H and O–H groups in total. The number of esters is 1. The second-order valence-electron chi connectivity index (χ2n) is 6.31. The van der Waals surface area contributed by atoms with Crippen molar-refractivity contribution in [2.24, 2.45) is 7.05 Å². The number of hydrogen-bond donors (Lipinski definition) is 0. The molecule has 2 rings (SSSR count). The van der Waals surface area contributed by atoms with Crippen LogP contribution in [0.3, 0.4) is 0 Å². The first-order valence-corrected chi connectivity index (χ1v) is 8.29. The van der Waals surface area contributed by atoms with E-state index in [4.69, 9.17) is 4.74 Å². The van der Waals surface area contributed by atoms with Crippen molar-refractivity contribution < 1.29 is 9.53 Å². The van der Waals surface area contributed by atoms with Crippen molar-refractivity contribution in [2.75, 3.05) is 25.6 Å². The van der Waals surface area contributed by atoms with Crippen LogP contribution in [0.1, 0.15) is 28.9 Å². The molecule has 0 aliphatic heterocycles. The monoisotopic (exact) mass is 329 g/mol. The minimum absolute atomic E-state index is 0.149. The van der Waals surface area contributed by atoms with Gasteiger partial charge in [0.25, 0.3) is 0 Å². The third kappa shape index (κ3) is 4.60. The third-order valence-corrected chi connectivity index (χ3v) is 4.32. The molecule has 0 spiro atoms. The Morgan fingerprint density at radius 1 is 1.25 bits per heavy atom. The summed E-state index contributed by atoms with van der Waals surface area (Å²) in [4.78, 5) is 14.0. The molecule has 1 aromatic heterocycles. The highest BCUT2D eigenvalue weighted by atomic mass is 16.5. The summed E-state index contributed by atoms with van der Waals surface area (Å²) in [7, 11) is 5.95. The average molecular weight is 329 g/mol. The molecule has 2 aromatic rings. The highest BCUT2D eigenvalue weighted by Gasteiger charge is 2.10. The quantitative estimate of drug-likeness (QED) is 0.733. The molecule has 130 valence electrons. The fourth-order valence-corrected chi connectivity index (χ4v) is 2.75. The molecule has 1 aromatic carbocycles. The van der Waals surface area contributed by atoms with Gasteiger partial charge in [-0.3, -0.25) is 9.48 Å². The Bertz CT molecular complexity index is 705. The fraction of sp³-hybridized carbons (Fsp3) is 0.474. The molecule has 0 aliphatic carbocycles. The van der Waals surface area contributed by atoms with E-state index in [2.05, 4.69) is 22.1 Å². The molecule has 0 saturated carbocycles. The van der Waals surface area contributed by atoms with Gasteiger partial charge in [0, 0.05) is 45.4 Å². The molecule has 0 saturated heterocycles. The van der Waals surface area contributed by atoms with Gasteiger partial charge in [0.1, 0.15) is 0 Å². The highest BCUT2D eigenvalue weighted by Crippen LogP contribution is 2.15. The summed E-state index contributed by atoms with van der Waals surface area (Å²) in [6.45, 7) is 4.43. The van der Waals surface area contributed by atoms with Crippen LogP contribution in [-0.2, 0) is 29.4 Å². The lowest BCUT2D eigenvalue weighted by molar-refractivity contribution is -0.143. The number of aryl methyl sites for hydroxylation is 3. The molecular formula is C19H27N3O2. The highest BCUT2D eigenvalue weighted by molar-refractivity contribution is 5.69. The maximum Gasteiger partial charge on any atom is 0.306 e. The molecule has 0 bridgehead atoms. The van der Waals surface area contributed by atoms with Crippen molar-refractivity contribution in [3.05, 3.63) is 46.8 Å². The Kier molecular flexibility index (Phi) is 6.01. The number of carbonyl (C=O) groups is 1. The number of benzene rings is 1. The Morgan fingerprint density at radius 3 is 2.62 bits per heavy atom. The first-order valence-electron chi connectivity index (χ1n) is 8.29. The number of rotatable bonds is 7. The zero-order valence-corrected chi connectivity index (χ0v) is 15.3. The van der Waals surface area contributed by atoms with Crippen LogP contribution >= 0.6 is 0 Å². The summed E-state index contributed by atoms with van der Waals surface area (Å²) in [6, 6.07) is 8.22. The van der Waals surface area contributed by atoms with E-state index in [-0.39, 0.29) is 5.97 Å². The lowest BCUT2D eigenvalue weighted by atomic mass is 10.1. The zero-order valence-electron chi connectivity index (χ0n) is 15.3. The van der Waals surface area contributed by atoms with E-state index in [1.807, 2.05) is 51.8 Å². The van der Waals surface area contributed by atoms with Crippen LogP contribution in [0.2, 0.25) is 0 Å². The smallest absolute Gasteiger partial charge is 0.306 e. The van der Waals surface area contributed by atoms with Crippen LogP contribution in [0, 0.1) is 13.8 Å². The van der Waals surface area contributed by atoms with Gasteiger partial charge in [-0.15, -0.1) is 0 Å². The minimum Gasteiger partial charge on any atom is -0.465 e. The van der Waals surface area contributed by atoms with Crippen LogP contribution in [0.15, 0.2) is 24.3 Å². The number of nitrogens with zero attached hydrogens (tertiary/aromatic N) is 3. The van der Waals surface area contributed by atoms with Gasteiger partial charge in [-0.05, 0) is 43.5 Å². The van der Waals surface area contributed by atoms with Crippen molar-refractivity contribution in [3.63, 3.8) is 0 Å². The number of anilines is 1. The molecular weight excluding hydrogens is 302 g/mol. The predicted octanol–water partition coefficient (Wildman–Crippen LogP) is 2.82. The molecule has 0 aliphatic rings. The molecule has 0 radical (unpaired) electrons. The summed E-state index contributed by atoms with van der Waals surface area (Å²) in [5.74, 6) is -0.149. The van der Waals surface area contributed by atoms with E-state index in [9.17, 15) is 4.79 Å². The second-order valence-corrected chi connectivity index (χ2v) is 6.31. The van der Waals surface area contributed by atoms with Crippen molar-refractivity contribution >= 4 is 11.7 Å². The Balaban J connectivity index is 1.78. The molecule has 0 fully saturated rings. The lowest BCUT2D eigenvalue weighted by Crippen LogP contribution is -2.10. The fourth-order valence-electron chi connectivity index (χ4n) is 2.75. The van der Waals surface area contributed by atoms with Gasteiger partial charge in [0.2, 0.25) is 0 Å². The summed E-state index contributed by atoms with van der Waals surface area (Å²) >= 11 is 0. The van der Waals surface area contributed by atoms with Gasteiger partial charge in [-0.25, -0.2) is 0 Å². The Labute approximate surface area is 144 Å². The zero-order chi connectivity index (χ0) is 17.7. The second kappa shape index (κ2) is 7.99. The molecule has 1 heterocycles. The summed E-state index contributed by atoms with van der Waals surface area (Å²) in [5, 5.41) is 4.38. The van der Waals surface area contributed by atoms with E-state index in [0.29, 0.717) is 25.9 Å². The van der Waals surface area contributed by atoms with Crippen LogP contribution in [0.5, 0.6) is 0 Å². The van der Waals surface area contributed by atoms with E-state index in [0.717, 1.165) is 22.6 Å². The number of aromatic nitrogens is 2. The van der Waals surface area contributed by atoms with Crippen LogP contribution in [-0.4, -0.2) is 36.5 Å². The summed E-state index contributed by atoms with van der Waals surface area (Å²) in [5.41, 5.74) is 5.60. The van der Waals surface area contributed by atoms with Crippen molar-refractivity contribution in [1.82, 2.24) is 9.78 Å². The number of carbonyl (C=O) groups excluding carboxylic acids is 1. The third-order valence-electron chi connectivity index (χ3n) is 4.32. The topological polar surface area (TPSA) is 47.4 Å². The summed E-state index contributed by atoms with van der Waals surface area (Å²) < 4.78 is 7.24. The van der Waals surface area contributed by atoms with E-state index >= 15 is 0 Å². The van der Waals surface area contributed by atoms with Crippen molar-refractivity contribution in [2.45, 2.75) is 33.1 Å².